The van der Waals surface area contributed by atoms with E-state index >= 15 is 0 Å². The van der Waals surface area contributed by atoms with Crippen LogP contribution in [0.2, 0.25) is 0 Å². The summed E-state index contributed by atoms with van der Waals surface area (Å²) in [6.07, 6.45) is 7.09. The number of rotatable bonds is 8. The Bertz CT molecular complexity index is 1140. The summed E-state index contributed by atoms with van der Waals surface area (Å²) >= 11 is 0. The van der Waals surface area contributed by atoms with Crippen molar-refractivity contribution in [2.45, 2.75) is 57.5 Å². The van der Waals surface area contributed by atoms with Crippen LogP contribution in [-0.4, -0.2) is 36.1 Å². The molecule has 0 aliphatic carbocycles. The van der Waals surface area contributed by atoms with Crippen LogP contribution in [0, 0.1) is 18.7 Å². The molecule has 2 fully saturated rings. The van der Waals surface area contributed by atoms with Crippen molar-refractivity contribution >= 4 is 17.4 Å². The van der Waals surface area contributed by atoms with Gasteiger partial charge in [-0.05, 0) is 87.3 Å². The molecule has 5 rings (SSSR count). The molecule has 4 nitrogen and oxygen atoms in total. The van der Waals surface area contributed by atoms with Crippen molar-refractivity contribution < 1.29 is 9.18 Å². The Morgan fingerprint density at radius 2 is 1.69 bits per heavy atom. The quantitative estimate of drug-likeness (QED) is 0.371. The lowest BCUT2D eigenvalue weighted by molar-refractivity contribution is 0.103. The second-order valence-electron chi connectivity index (χ2n) is 10.4. The molecule has 2 atom stereocenters. The summed E-state index contributed by atoms with van der Waals surface area (Å²) in [5.41, 5.74) is 3.91. The van der Waals surface area contributed by atoms with Crippen LogP contribution in [-0.2, 0) is 6.42 Å². The van der Waals surface area contributed by atoms with Crippen molar-refractivity contribution in [2.24, 2.45) is 5.92 Å². The van der Waals surface area contributed by atoms with Crippen LogP contribution < -0.4 is 10.2 Å². The largest absolute Gasteiger partial charge is 0.326 e. The summed E-state index contributed by atoms with van der Waals surface area (Å²) in [5, 5.41) is 2.99. The van der Waals surface area contributed by atoms with Crippen molar-refractivity contribution in [1.82, 2.24) is 4.90 Å². The van der Waals surface area contributed by atoms with Gasteiger partial charge in [-0.1, -0.05) is 54.1 Å². The third-order valence-corrected chi connectivity index (χ3v) is 7.82. The average Bonchev–Trinajstić information content (AvgIpc) is 3.11. The Balaban J connectivity index is 1.20. The summed E-state index contributed by atoms with van der Waals surface area (Å²) in [5.74, 6) is 0.421. The summed E-state index contributed by atoms with van der Waals surface area (Å²) in [6.45, 7) is 3.53. The summed E-state index contributed by atoms with van der Waals surface area (Å²) in [6, 6.07) is 26.0. The van der Waals surface area contributed by atoms with E-state index in [1.807, 2.05) is 31.2 Å². The topological polar surface area (TPSA) is 35.6 Å². The lowest BCUT2D eigenvalue weighted by atomic mass is 9.85. The van der Waals surface area contributed by atoms with Crippen LogP contribution >= 0.6 is 0 Å². The molecule has 2 unspecified atom stereocenters. The maximum atomic E-state index is 14.0. The lowest BCUT2D eigenvalue weighted by Crippen LogP contribution is -2.45. The molecule has 0 spiro atoms. The molecule has 2 aliphatic heterocycles. The Kier molecular flexibility index (Phi) is 7.66. The van der Waals surface area contributed by atoms with Crippen molar-refractivity contribution in [2.75, 3.05) is 23.3 Å². The number of carbonyl (C=O) groups is 1. The molecule has 0 saturated carbocycles. The molecule has 1 N–H and O–H groups in total. The van der Waals surface area contributed by atoms with E-state index < -0.39 is 0 Å². The van der Waals surface area contributed by atoms with E-state index in [-0.39, 0.29) is 11.8 Å². The van der Waals surface area contributed by atoms with Crippen LogP contribution in [0.25, 0.3) is 0 Å². The van der Waals surface area contributed by atoms with E-state index in [0.717, 1.165) is 30.1 Å². The van der Waals surface area contributed by atoms with Gasteiger partial charge < -0.3 is 5.32 Å². The first-order valence-corrected chi connectivity index (χ1v) is 13.3. The lowest BCUT2D eigenvalue weighted by Gasteiger charge is -2.39. The molecule has 5 heteroatoms. The molecule has 3 aromatic rings. The molecule has 36 heavy (non-hydrogen) atoms. The predicted molar refractivity (Wildman–Crippen MR) is 145 cm³/mol. The molecule has 2 amide bonds. The molecular formula is C31H36FN3O. The number of aryl methyl sites for hydroxylation is 1. The fourth-order valence-electron chi connectivity index (χ4n) is 6.10. The van der Waals surface area contributed by atoms with Crippen LogP contribution in [0.15, 0.2) is 78.9 Å². The second kappa shape index (κ2) is 11.3. The Morgan fingerprint density at radius 3 is 2.39 bits per heavy atom. The molecule has 0 radical (unpaired) electrons. The highest BCUT2D eigenvalue weighted by Gasteiger charge is 2.40. The van der Waals surface area contributed by atoms with E-state index in [9.17, 15) is 9.18 Å². The molecule has 2 saturated heterocycles. The van der Waals surface area contributed by atoms with Crippen molar-refractivity contribution in [3.05, 3.63) is 95.8 Å². The van der Waals surface area contributed by atoms with Gasteiger partial charge in [-0.2, -0.15) is 0 Å². The van der Waals surface area contributed by atoms with Gasteiger partial charge in [-0.15, -0.1) is 0 Å². The zero-order chi connectivity index (χ0) is 24.9. The highest BCUT2D eigenvalue weighted by molar-refractivity contribution is 6.01. The van der Waals surface area contributed by atoms with Crippen LogP contribution in [0.1, 0.15) is 43.2 Å². The number of piperidine rings is 1. The van der Waals surface area contributed by atoms with E-state index in [0.29, 0.717) is 24.3 Å². The number of carbonyl (C=O) groups excluding carboxylic acids is 1. The Hall–Kier alpha value is -3.18. The van der Waals surface area contributed by atoms with Crippen LogP contribution in [0.5, 0.6) is 0 Å². The minimum atomic E-state index is -0.334. The van der Waals surface area contributed by atoms with Gasteiger partial charge in [0.15, 0.2) is 0 Å². The summed E-state index contributed by atoms with van der Waals surface area (Å²) in [7, 11) is 0. The van der Waals surface area contributed by atoms with Gasteiger partial charge in [0.1, 0.15) is 5.82 Å². The number of benzene rings is 3. The van der Waals surface area contributed by atoms with Gasteiger partial charge in [0, 0.05) is 36.5 Å². The van der Waals surface area contributed by atoms with Gasteiger partial charge in [0.05, 0.1) is 0 Å². The van der Waals surface area contributed by atoms with E-state index in [2.05, 4.69) is 40.5 Å². The summed E-state index contributed by atoms with van der Waals surface area (Å²) < 4.78 is 14.0. The number of urea groups is 1. The normalized spacial score (nSPS) is 21.3. The maximum Gasteiger partial charge on any atom is 0.326 e. The number of fused-ring (bicyclic) bond motifs is 2. The van der Waals surface area contributed by atoms with Gasteiger partial charge in [-0.3, -0.25) is 9.80 Å². The smallest absolute Gasteiger partial charge is 0.308 e. The first kappa shape index (κ1) is 24.5. The highest BCUT2D eigenvalue weighted by Crippen LogP contribution is 2.40. The van der Waals surface area contributed by atoms with E-state index in [1.54, 1.807) is 17.0 Å². The number of nitrogens with one attached hydrogen (secondary N) is 1. The molecule has 188 valence electrons. The first-order valence-electron chi connectivity index (χ1n) is 13.3. The first-order chi connectivity index (χ1) is 17.5. The van der Waals surface area contributed by atoms with E-state index in [4.69, 9.17) is 0 Å². The molecule has 2 bridgehead atoms. The van der Waals surface area contributed by atoms with Gasteiger partial charge >= 0.3 is 6.03 Å². The van der Waals surface area contributed by atoms with Crippen LogP contribution in [0.4, 0.5) is 20.6 Å². The van der Waals surface area contributed by atoms with Crippen molar-refractivity contribution in [3.63, 3.8) is 0 Å². The number of hydrogen-bond acceptors (Lipinski definition) is 2. The Morgan fingerprint density at radius 1 is 0.972 bits per heavy atom. The number of anilines is 2. The fraction of sp³-hybridized carbons (Fsp3) is 0.387. The monoisotopic (exact) mass is 485 g/mol. The third kappa shape index (κ3) is 5.96. The molecular weight excluding hydrogens is 449 g/mol. The second-order valence-corrected chi connectivity index (χ2v) is 10.4. The zero-order valence-corrected chi connectivity index (χ0v) is 21.1. The highest BCUT2D eigenvalue weighted by atomic mass is 19.1. The fourth-order valence-corrected chi connectivity index (χ4v) is 6.10. The van der Waals surface area contributed by atoms with Gasteiger partial charge in [0.2, 0.25) is 0 Å². The predicted octanol–water partition coefficient (Wildman–Crippen LogP) is 7.05. The van der Waals surface area contributed by atoms with Crippen molar-refractivity contribution in [1.29, 1.82) is 0 Å². The number of halogens is 1. The standard InChI is InChI=1S/C31H36FN3O/c1-23-11-13-27(14-12-23)33-31(36)35(28-10-5-9-26(32)22-28)18-6-17-34-29-15-16-30(34)21-25(20-29)19-24-7-3-2-4-8-24/h2-5,7-14,22,25,29-30H,6,15-21H2,1H3,(H,33,36). The molecule has 2 aliphatic rings. The molecule has 2 heterocycles. The summed E-state index contributed by atoms with van der Waals surface area (Å²) in [4.78, 5) is 17.6. The number of hydrogen-bond donors (Lipinski definition) is 1. The SMILES string of the molecule is Cc1ccc(NC(=O)N(CCCN2C3CCC2CC(Cc2ccccc2)C3)c2cccc(F)c2)cc1. The minimum Gasteiger partial charge on any atom is -0.308 e. The maximum absolute atomic E-state index is 14.0. The van der Waals surface area contributed by atoms with Crippen LogP contribution in [0.3, 0.4) is 0 Å². The number of amides is 2. The van der Waals surface area contributed by atoms with E-state index in [1.165, 1.54) is 49.8 Å². The minimum absolute atomic E-state index is 0.228. The van der Waals surface area contributed by atoms with Gasteiger partial charge in [-0.25, -0.2) is 9.18 Å². The molecule has 3 aromatic carbocycles. The average molecular weight is 486 g/mol. The van der Waals surface area contributed by atoms with Gasteiger partial charge in [0.25, 0.3) is 0 Å². The van der Waals surface area contributed by atoms with Crippen molar-refractivity contribution in [3.8, 4) is 0 Å². The third-order valence-electron chi connectivity index (χ3n) is 7.82. The zero-order valence-electron chi connectivity index (χ0n) is 21.1. The Labute approximate surface area is 214 Å². The number of nitrogens with zero attached hydrogens (tertiary/aromatic N) is 2. The molecule has 0 aromatic heterocycles.